The van der Waals surface area contributed by atoms with Crippen molar-refractivity contribution >= 4 is 11.8 Å². The lowest BCUT2D eigenvalue weighted by Gasteiger charge is -2.37. The van der Waals surface area contributed by atoms with Crippen molar-refractivity contribution in [2.45, 2.75) is 30.1 Å². The number of nitrogens with zero attached hydrogens (tertiary/aromatic N) is 3. The summed E-state index contributed by atoms with van der Waals surface area (Å²) in [5.41, 5.74) is 9.91. The Morgan fingerprint density at radius 1 is 1.33 bits per heavy atom. The molecule has 0 heterocycles. The molecule has 1 aromatic rings. The smallest absolute Gasteiger partial charge is 0.0779 e. The summed E-state index contributed by atoms with van der Waals surface area (Å²) in [4.78, 5) is 3.17. The topological polar surface area (TPSA) is 48.8 Å². The molecule has 2 saturated carbocycles. The molecular formula is C14H17N3S. The monoisotopic (exact) mass is 259 g/mol. The maximum absolute atomic E-state index is 8.99. The molecule has 0 unspecified atom stereocenters. The molecule has 2 aliphatic rings. The second-order valence-electron chi connectivity index (χ2n) is 5.40. The van der Waals surface area contributed by atoms with Gasteiger partial charge in [-0.15, -0.1) is 0 Å². The van der Waals surface area contributed by atoms with Gasteiger partial charge in [-0.25, -0.2) is 0 Å². The van der Waals surface area contributed by atoms with Crippen LogP contribution in [0.5, 0.6) is 0 Å². The van der Waals surface area contributed by atoms with Crippen LogP contribution in [0, 0.1) is 11.8 Å². The third kappa shape index (κ3) is 1.63. The molecule has 94 valence electrons. The number of fused-ring (bicyclic) bond motifs is 2. The van der Waals surface area contributed by atoms with Crippen LogP contribution >= 0.6 is 11.8 Å². The van der Waals surface area contributed by atoms with Gasteiger partial charge in [0.05, 0.1) is 5.54 Å². The average Bonchev–Trinajstić information content (AvgIpc) is 2.98. The molecule has 4 atom stereocenters. The second kappa shape index (κ2) is 4.52. The molecule has 2 aliphatic carbocycles. The van der Waals surface area contributed by atoms with Crippen LogP contribution in [0.3, 0.4) is 0 Å². The molecule has 0 aromatic heterocycles. The van der Waals surface area contributed by atoms with E-state index in [2.05, 4.69) is 28.4 Å². The maximum atomic E-state index is 8.99. The van der Waals surface area contributed by atoms with Crippen LogP contribution in [0.15, 0.2) is 35.4 Å². The van der Waals surface area contributed by atoms with Gasteiger partial charge in [0, 0.05) is 10.2 Å². The van der Waals surface area contributed by atoms with E-state index in [4.69, 9.17) is 5.53 Å². The van der Waals surface area contributed by atoms with Gasteiger partial charge in [-0.1, -0.05) is 35.4 Å². The van der Waals surface area contributed by atoms with Gasteiger partial charge in [0.25, 0.3) is 0 Å². The first-order valence-corrected chi connectivity index (χ1v) is 7.73. The zero-order valence-corrected chi connectivity index (χ0v) is 11.3. The Labute approximate surface area is 112 Å². The third-order valence-corrected chi connectivity index (χ3v) is 5.74. The zero-order valence-electron chi connectivity index (χ0n) is 10.5. The number of azide groups is 1. The maximum Gasteiger partial charge on any atom is 0.0779 e. The standard InChI is InChI=1S/C14H17N3S/c1-18-13-8-10-7-12(13)14(9-10,16-17-15)11-5-3-2-4-6-11/h2-6,10,12-13H,7-9H2,1H3/t10-,12+,13+,14+/m1/s1. The van der Waals surface area contributed by atoms with Crippen LogP contribution < -0.4 is 0 Å². The largest absolute Gasteiger partial charge is 0.162 e. The van der Waals surface area contributed by atoms with Gasteiger partial charge in [-0.2, -0.15) is 11.8 Å². The highest BCUT2D eigenvalue weighted by Gasteiger charge is 2.55. The minimum atomic E-state index is -0.285. The molecule has 0 saturated heterocycles. The van der Waals surface area contributed by atoms with Crippen LogP contribution in [0.25, 0.3) is 10.4 Å². The summed E-state index contributed by atoms with van der Waals surface area (Å²) in [5.74, 6) is 1.24. The minimum Gasteiger partial charge on any atom is -0.162 e. The molecule has 4 heteroatoms. The van der Waals surface area contributed by atoms with Gasteiger partial charge < -0.3 is 0 Å². The first kappa shape index (κ1) is 11.9. The highest BCUT2D eigenvalue weighted by atomic mass is 32.2. The van der Waals surface area contributed by atoms with Crippen LogP contribution in [0.2, 0.25) is 0 Å². The summed E-state index contributed by atoms with van der Waals surface area (Å²) in [6, 6.07) is 10.3. The van der Waals surface area contributed by atoms with Crippen molar-refractivity contribution in [2.24, 2.45) is 17.0 Å². The van der Waals surface area contributed by atoms with Crippen molar-refractivity contribution in [3.05, 3.63) is 46.3 Å². The number of hydrogen-bond donors (Lipinski definition) is 0. The summed E-state index contributed by atoms with van der Waals surface area (Å²) in [5, 5.41) is 4.92. The molecule has 0 spiro atoms. The normalized spacial score (nSPS) is 37.5. The molecule has 1 aromatic carbocycles. The fraction of sp³-hybridized carbons (Fsp3) is 0.571. The molecular weight excluding hydrogens is 242 g/mol. The quantitative estimate of drug-likeness (QED) is 0.452. The Kier molecular flexibility index (Phi) is 3.00. The molecule has 0 amide bonds. The molecule has 3 nitrogen and oxygen atoms in total. The van der Waals surface area contributed by atoms with E-state index in [0.717, 1.165) is 12.3 Å². The predicted molar refractivity (Wildman–Crippen MR) is 75.4 cm³/mol. The number of hydrogen-bond acceptors (Lipinski definition) is 2. The molecule has 2 bridgehead atoms. The Morgan fingerprint density at radius 2 is 2.11 bits per heavy atom. The molecule has 18 heavy (non-hydrogen) atoms. The van der Waals surface area contributed by atoms with Gasteiger partial charge in [0.2, 0.25) is 0 Å². The van der Waals surface area contributed by atoms with Crippen LogP contribution in [-0.2, 0) is 5.54 Å². The van der Waals surface area contributed by atoms with Gasteiger partial charge >= 0.3 is 0 Å². The van der Waals surface area contributed by atoms with Crippen molar-refractivity contribution in [3.63, 3.8) is 0 Å². The van der Waals surface area contributed by atoms with Crippen molar-refractivity contribution < 1.29 is 0 Å². The fourth-order valence-electron chi connectivity index (χ4n) is 3.93. The first-order valence-electron chi connectivity index (χ1n) is 6.45. The second-order valence-corrected chi connectivity index (χ2v) is 6.48. The Balaban J connectivity index is 2.06. The highest BCUT2D eigenvalue weighted by Crippen LogP contribution is 2.60. The minimum absolute atomic E-state index is 0.285. The highest BCUT2D eigenvalue weighted by molar-refractivity contribution is 7.99. The lowest BCUT2D eigenvalue weighted by molar-refractivity contribution is 0.283. The predicted octanol–water partition coefficient (Wildman–Crippen LogP) is 4.35. The van der Waals surface area contributed by atoms with Crippen molar-refractivity contribution in [1.82, 2.24) is 0 Å². The van der Waals surface area contributed by atoms with E-state index in [1.165, 1.54) is 18.4 Å². The molecule has 0 N–H and O–H groups in total. The van der Waals surface area contributed by atoms with Crippen molar-refractivity contribution in [2.75, 3.05) is 6.26 Å². The molecule has 0 aliphatic heterocycles. The van der Waals surface area contributed by atoms with Crippen LogP contribution in [0.4, 0.5) is 0 Å². The summed E-state index contributed by atoms with van der Waals surface area (Å²) >= 11 is 1.94. The van der Waals surface area contributed by atoms with E-state index < -0.39 is 0 Å². The summed E-state index contributed by atoms with van der Waals surface area (Å²) in [6.07, 6.45) is 5.72. The van der Waals surface area contributed by atoms with E-state index in [0.29, 0.717) is 11.2 Å². The molecule has 2 fully saturated rings. The third-order valence-electron chi connectivity index (χ3n) is 4.61. The zero-order chi connectivity index (χ0) is 12.6. The van der Waals surface area contributed by atoms with Gasteiger partial charge in [0.1, 0.15) is 0 Å². The summed E-state index contributed by atoms with van der Waals surface area (Å²) < 4.78 is 0. The summed E-state index contributed by atoms with van der Waals surface area (Å²) in [6.45, 7) is 0. The van der Waals surface area contributed by atoms with Crippen LogP contribution in [-0.4, -0.2) is 11.5 Å². The van der Waals surface area contributed by atoms with E-state index in [9.17, 15) is 0 Å². The lowest BCUT2D eigenvalue weighted by atomic mass is 9.76. The SMILES string of the molecule is CS[C@H]1C[C@H]2C[C@@H]1[C@@](N=[N+]=[N-])(c1ccccc1)C2. The van der Waals surface area contributed by atoms with E-state index in [-0.39, 0.29) is 5.54 Å². The average molecular weight is 259 g/mol. The van der Waals surface area contributed by atoms with Gasteiger partial charge in [0.15, 0.2) is 0 Å². The number of benzene rings is 1. The van der Waals surface area contributed by atoms with E-state index in [1.807, 2.05) is 30.0 Å². The molecule has 3 rings (SSSR count). The first-order chi connectivity index (χ1) is 8.80. The van der Waals surface area contributed by atoms with Gasteiger partial charge in [-0.05, 0) is 48.4 Å². The Morgan fingerprint density at radius 3 is 2.72 bits per heavy atom. The Bertz CT molecular complexity index is 483. The van der Waals surface area contributed by atoms with Gasteiger partial charge in [-0.3, -0.25) is 0 Å². The van der Waals surface area contributed by atoms with Crippen LogP contribution in [0.1, 0.15) is 24.8 Å². The number of thioether (sulfide) groups is 1. The summed E-state index contributed by atoms with van der Waals surface area (Å²) in [7, 11) is 0. The lowest BCUT2D eigenvalue weighted by Crippen LogP contribution is -2.36. The molecule has 0 radical (unpaired) electrons. The van der Waals surface area contributed by atoms with E-state index >= 15 is 0 Å². The van der Waals surface area contributed by atoms with E-state index in [1.54, 1.807) is 0 Å². The fourth-order valence-corrected chi connectivity index (χ4v) is 5.06. The number of rotatable bonds is 3. The Hall–Kier alpha value is -1.12. The van der Waals surface area contributed by atoms with Crippen molar-refractivity contribution in [3.8, 4) is 0 Å². The van der Waals surface area contributed by atoms with Crippen molar-refractivity contribution in [1.29, 1.82) is 0 Å².